The summed E-state index contributed by atoms with van der Waals surface area (Å²) in [7, 11) is 2.88. The van der Waals surface area contributed by atoms with Gasteiger partial charge in [-0.25, -0.2) is 9.78 Å². The molecule has 1 atom stereocenters. The number of hydrogen-bond donors (Lipinski definition) is 2. The SMILES string of the molecule is COC(=O)Nc1cnc(N2CCC[C@]3(CCN(C4CCC(O)CC4)C3=O)C2)c(OC)c1. The zero-order chi connectivity index (χ0) is 22.0. The number of nitrogens with zero attached hydrogens (tertiary/aromatic N) is 3. The predicted octanol–water partition coefficient (Wildman–Crippen LogP) is 2.39. The Labute approximate surface area is 182 Å². The maximum absolute atomic E-state index is 13.5. The third-order valence-corrected chi connectivity index (χ3v) is 7.01. The number of piperidine rings is 1. The van der Waals surface area contributed by atoms with E-state index in [4.69, 9.17) is 4.74 Å². The Bertz CT molecular complexity index is 826. The minimum Gasteiger partial charge on any atom is -0.493 e. The molecule has 3 fully saturated rings. The Hall–Kier alpha value is -2.55. The minimum absolute atomic E-state index is 0.219. The highest BCUT2D eigenvalue weighted by atomic mass is 16.5. The Morgan fingerprint density at radius 3 is 2.71 bits per heavy atom. The van der Waals surface area contributed by atoms with Gasteiger partial charge in [0.1, 0.15) is 0 Å². The number of ether oxygens (including phenoxy) is 2. The number of rotatable bonds is 4. The second-order valence-electron chi connectivity index (χ2n) is 8.88. The molecule has 3 heterocycles. The standard InChI is InChI=1S/C22H32N4O5/c1-30-18-12-15(24-21(29)31-2)13-23-19(18)25-10-3-8-22(14-25)9-11-26(20(22)28)16-4-6-17(27)7-5-16/h12-13,16-17,27H,3-11,14H2,1-2H3,(H,24,29)/t16?,17?,22-/m0/s1. The fourth-order valence-electron chi connectivity index (χ4n) is 5.32. The van der Waals surface area contributed by atoms with Crippen molar-refractivity contribution in [1.82, 2.24) is 9.88 Å². The number of amides is 2. The first-order valence-electron chi connectivity index (χ1n) is 11.1. The van der Waals surface area contributed by atoms with Gasteiger partial charge in [-0.3, -0.25) is 10.1 Å². The first-order chi connectivity index (χ1) is 15.0. The molecule has 0 radical (unpaired) electrons. The van der Waals surface area contributed by atoms with Gasteiger partial charge in [0, 0.05) is 31.7 Å². The molecular weight excluding hydrogens is 400 g/mol. The van der Waals surface area contributed by atoms with Crippen LogP contribution < -0.4 is 15.0 Å². The Morgan fingerprint density at radius 1 is 1.23 bits per heavy atom. The van der Waals surface area contributed by atoms with E-state index in [2.05, 4.69) is 24.8 Å². The van der Waals surface area contributed by atoms with Gasteiger partial charge in [0.25, 0.3) is 0 Å². The van der Waals surface area contributed by atoms with E-state index < -0.39 is 6.09 Å². The van der Waals surface area contributed by atoms with E-state index >= 15 is 0 Å². The number of aliphatic hydroxyl groups is 1. The molecule has 2 amide bonds. The van der Waals surface area contributed by atoms with E-state index in [-0.39, 0.29) is 23.5 Å². The molecular formula is C22H32N4O5. The number of aromatic nitrogens is 1. The summed E-state index contributed by atoms with van der Waals surface area (Å²) in [6.45, 7) is 2.21. The van der Waals surface area contributed by atoms with E-state index in [0.29, 0.717) is 23.8 Å². The van der Waals surface area contributed by atoms with Crippen molar-refractivity contribution < 1.29 is 24.2 Å². The Morgan fingerprint density at radius 2 is 2.00 bits per heavy atom. The van der Waals surface area contributed by atoms with Crippen molar-refractivity contribution >= 4 is 23.5 Å². The van der Waals surface area contributed by atoms with E-state index in [0.717, 1.165) is 58.0 Å². The molecule has 1 aromatic heterocycles. The van der Waals surface area contributed by atoms with Crippen LogP contribution in [0.3, 0.4) is 0 Å². The molecule has 31 heavy (non-hydrogen) atoms. The van der Waals surface area contributed by atoms with Crippen LogP contribution in [-0.2, 0) is 9.53 Å². The van der Waals surface area contributed by atoms with E-state index in [9.17, 15) is 14.7 Å². The number of methoxy groups -OCH3 is 2. The largest absolute Gasteiger partial charge is 0.493 e. The van der Waals surface area contributed by atoms with Crippen LogP contribution in [0.1, 0.15) is 44.9 Å². The van der Waals surface area contributed by atoms with Crippen LogP contribution in [0.15, 0.2) is 12.3 Å². The third kappa shape index (κ3) is 4.28. The number of anilines is 2. The lowest BCUT2D eigenvalue weighted by Crippen LogP contribution is -2.50. The summed E-state index contributed by atoms with van der Waals surface area (Å²) in [6.07, 6.45) is 6.77. The second kappa shape index (κ2) is 8.90. The molecule has 9 nitrogen and oxygen atoms in total. The van der Waals surface area contributed by atoms with Gasteiger partial charge < -0.3 is 24.4 Å². The number of nitrogens with one attached hydrogen (secondary N) is 1. The number of carbonyl (C=O) groups excluding carboxylic acids is 2. The summed E-state index contributed by atoms with van der Waals surface area (Å²) >= 11 is 0. The highest BCUT2D eigenvalue weighted by Gasteiger charge is 2.51. The van der Waals surface area contributed by atoms with Crippen molar-refractivity contribution in [3.63, 3.8) is 0 Å². The van der Waals surface area contributed by atoms with Gasteiger partial charge in [-0.05, 0) is 44.9 Å². The molecule has 1 aromatic rings. The highest BCUT2D eigenvalue weighted by molar-refractivity contribution is 5.87. The molecule has 170 valence electrons. The number of carbonyl (C=O) groups is 2. The summed E-state index contributed by atoms with van der Waals surface area (Å²) in [5, 5.41) is 12.4. The van der Waals surface area contributed by atoms with Crippen molar-refractivity contribution in [2.75, 3.05) is 44.1 Å². The maximum Gasteiger partial charge on any atom is 0.411 e. The van der Waals surface area contributed by atoms with Crippen LogP contribution in [0.5, 0.6) is 5.75 Å². The fourth-order valence-corrected chi connectivity index (χ4v) is 5.32. The molecule has 2 saturated heterocycles. The molecule has 1 saturated carbocycles. The molecule has 1 spiro atoms. The second-order valence-corrected chi connectivity index (χ2v) is 8.88. The number of aliphatic hydroxyl groups excluding tert-OH is 1. The van der Waals surface area contributed by atoms with Gasteiger partial charge >= 0.3 is 6.09 Å². The zero-order valence-electron chi connectivity index (χ0n) is 18.3. The van der Waals surface area contributed by atoms with Gasteiger partial charge in [-0.1, -0.05) is 0 Å². The van der Waals surface area contributed by atoms with Crippen molar-refractivity contribution in [1.29, 1.82) is 0 Å². The molecule has 4 rings (SSSR count). The van der Waals surface area contributed by atoms with E-state index in [1.54, 1.807) is 19.4 Å². The number of pyridine rings is 1. The number of hydrogen-bond acceptors (Lipinski definition) is 7. The first kappa shape index (κ1) is 21.7. The summed E-state index contributed by atoms with van der Waals surface area (Å²) < 4.78 is 10.2. The van der Waals surface area contributed by atoms with Crippen LogP contribution >= 0.6 is 0 Å². The van der Waals surface area contributed by atoms with Gasteiger partial charge in [-0.2, -0.15) is 0 Å². The molecule has 0 bridgehead atoms. The van der Waals surface area contributed by atoms with Crippen LogP contribution in [0, 0.1) is 5.41 Å². The van der Waals surface area contributed by atoms with Gasteiger partial charge in [0.05, 0.1) is 37.6 Å². The maximum atomic E-state index is 13.5. The summed E-state index contributed by atoms with van der Waals surface area (Å²) in [6, 6.07) is 1.97. The Balaban J connectivity index is 1.49. The average molecular weight is 433 g/mol. The lowest BCUT2D eigenvalue weighted by molar-refractivity contribution is -0.139. The van der Waals surface area contributed by atoms with Crippen molar-refractivity contribution in [2.24, 2.45) is 5.41 Å². The number of likely N-dealkylation sites (tertiary alicyclic amines) is 1. The normalized spacial score (nSPS) is 28.7. The van der Waals surface area contributed by atoms with E-state index in [1.807, 2.05) is 0 Å². The lowest BCUT2D eigenvalue weighted by Gasteiger charge is -2.41. The van der Waals surface area contributed by atoms with E-state index in [1.165, 1.54) is 7.11 Å². The summed E-state index contributed by atoms with van der Waals surface area (Å²) in [4.78, 5) is 33.8. The van der Waals surface area contributed by atoms with Gasteiger partial charge in [0.15, 0.2) is 11.6 Å². The first-order valence-corrected chi connectivity index (χ1v) is 11.1. The average Bonchev–Trinajstić information content (AvgIpc) is 3.09. The topological polar surface area (TPSA) is 104 Å². The van der Waals surface area contributed by atoms with Crippen LogP contribution in [0.25, 0.3) is 0 Å². The molecule has 9 heteroatoms. The van der Waals surface area contributed by atoms with Gasteiger partial charge in [-0.15, -0.1) is 0 Å². The third-order valence-electron chi connectivity index (χ3n) is 7.01. The van der Waals surface area contributed by atoms with Crippen LogP contribution in [-0.4, -0.2) is 73.0 Å². The molecule has 2 N–H and O–H groups in total. The van der Waals surface area contributed by atoms with Crippen molar-refractivity contribution in [3.05, 3.63) is 12.3 Å². The predicted molar refractivity (Wildman–Crippen MR) is 115 cm³/mol. The highest BCUT2D eigenvalue weighted by Crippen LogP contribution is 2.44. The van der Waals surface area contributed by atoms with Crippen LogP contribution in [0.4, 0.5) is 16.3 Å². The summed E-state index contributed by atoms with van der Waals surface area (Å²) in [5.41, 5.74) is 0.103. The lowest BCUT2D eigenvalue weighted by atomic mass is 9.78. The van der Waals surface area contributed by atoms with Crippen molar-refractivity contribution in [2.45, 2.75) is 57.1 Å². The Kier molecular flexibility index (Phi) is 6.22. The molecule has 2 aliphatic heterocycles. The van der Waals surface area contributed by atoms with Gasteiger partial charge in [0.2, 0.25) is 5.91 Å². The quantitative estimate of drug-likeness (QED) is 0.753. The zero-order valence-corrected chi connectivity index (χ0v) is 18.3. The molecule has 1 aliphatic carbocycles. The smallest absolute Gasteiger partial charge is 0.411 e. The van der Waals surface area contributed by atoms with Crippen LogP contribution in [0.2, 0.25) is 0 Å². The molecule has 0 aromatic carbocycles. The molecule has 0 unspecified atom stereocenters. The summed E-state index contributed by atoms with van der Waals surface area (Å²) in [5.74, 6) is 1.49. The fraction of sp³-hybridized carbons (Fsp3) is 0.682. The minimum atomic E-state index is -0.569. The van der Waals surface area contributed by atoms with Crippen molar-refractivity contribution in [3.8, 4) is 5.75 Å². The molecule has 3 aliphatic rings. The monoisotopic (exact) mass is 432 g/mol.